The predicted molar refractivity (Wildman–Crippen MR) is 90.4 cm³/mol. The highest BCUT2D eigenvalue weighted by atomic mass is 35.5. The molecule has 1 aliphatic rings. The van der Waals surface area contributed by atoms with Crippen LogP contribution < -0.4 is 5.73 Å². The monoisotopic (exact) mass is 351 g/mol. The van der Waals surface area contributed by atoms with Gasteiger partial charge >= 0.3 is 0 Å². The molecule has 122 valence electrons. The molecule has 0 aliphatic heterocycles. The molecular formula is C17H18ClNO3S. The van der Waals surface area contributed by atoms with Crippen molar-refractivity contribution < 1.29 is 13.2 Å². The van der Waals surface area contributed by atoms with Crippen LogP contribution in [0.2, 0.25) is 5.02 Å². The van der Waals surface area contributed by atoms with Gasteiger partial charge < -0.3 is 10.5 Å². The summed E-state index contributed by atoms with van der Waals surface area (Å²) in [5.74, 6) is -0.288. The third kappa shape index (κ3) is 2.78. The van der Waals surface area contributed by atoms with Crippen LogP contribution in [0.1, 0.15) is 11.5 Å². The van der Waals surface area contributed by atoms with Gasteiger partial charge in [-0.3, -0.25) is 0 Å². The van der Waals surface area contributed by atoms with E-state index in [1.54, 1.807) is 12.1 Å². The summed E-state index contributed by atoms with van der Waals surface area (Å²) < 4.78 is 31.2. The molecule has 1 aliphatic carbocycles. The Labute approximate surface area is 141 Å². The van der Waals surface area contributed by atoms with Gasteiger partial charge in [0, 0.05) is 18.1 Å². The van der Waals surface area contributed by atoms with Gasteiger partial charge in [-0.25, -0.2) is 8.42 Å². The zero-order valence-corrected chi connectivity index (χ0v) is 14.2. The Morgan fingerprint density at radius 3 is 2.30 bits per heavy atom. The average Bonchev–Trinajstić information content (AvgIpc) is 3.15. The van der Waals surface area contributed by atoms with E-state index in [-0.39, 0.29) is 17.4 Å². The smallest absolute Gasteiger partial charge is 0.183 e. The number of hydrogen-bond acceptors (Lipinski definition) is 4. The summed E-state index contributed by atoms with van der Waals surface area (Å²) in [5.41, 5.74) is 6.39. The lowest BCUT2D eigenvalue weighted by Gasteiger charge is -2.11. The van der Waals surface area contributed by atoms with Crippen molar-refractivity contribution in [3.8, 4) is 0 Å². The van der Waals surface area contributed by atoms with Gasteiger partial charge in [0.1, 0.15) is 0 Å². The first-order valence-corrected chi connectivity index (χ1v) is 9.16. The summed E-state index contributed by atoms with van der Waals surface area (Å²) in [6.07, 6.45) is 0. The van der Waals surface area contributed by atoms with Crippen molar-refractivity contribution >= 4 is 21.4 Å². The second kappa shape index (κ2) is 5.91. The molecule has 0 aromatic heterocycles. The van der Waals surface area contributed by atoms with Crippen molar-refractivity contribution in [1.82, 2.24) is 0 Å². The van der Waals surface area contributed by atoms with Gasteiger partial charge in [-0.1, -0.05) is 41.9 Å². The molecule has 6 heteroatoms. The molecule has 1 saturated carbocycles. The molecule has 0 saturated heterocycles. The molecule has 1 fully saturated rings. The SMILES string of the molecule is COC[C@@]1(N)[C@H](S(=O)(=O)c2ccc(Cl)cc2)[C@@H]1c1ccccc1. The van der Waals surface area contributed by atoms with E-state index in [4.69, 9.17) is 22.1 Å². The van der Waals surface area contributed by atoms with Gasteiger partial charge in [0.15, 0.2) is 9.84 Å². The van der Waals surface area contributed by atoms with Crippen molar-refractivity contribution in [2.75, 3.05) is 13.7 Å². The topological polar surface area (TPSA) is 69.4 Å². The summed E-state index contributed by atoms with van der Waals surface area (Å²) in [6, 6.07) is 15.6. The first-order chi connectivity index (χ1) is 10.9. The van der Waals surface area contributed by atoms with E-state index in [1.165, 1.54) is 19.2 Å². The fourth-order valence-corrected chi connectivity index (χ4v) is 5.65. The third-order valence-corrected chi connectivity index (χ3v) is 6.89. The summed E-state index contributed by atoms with van der Waals surface area (Å²) in [6.45, 7) is 0.185. The molecule has 0 unspecified atom stereocenters. The highest BCUT2D eigenvalue weighted by molar-refractivity contribution is 7.92. The average molecular weight is 352 g/mol. The fourth-order valence-electron chi connectivity index (χ4n) is 3.23. The quantitative estimate of drug-likeness (QED) is 0.899. The number of hydrogen-bond donors (Lipinski definition) is 1. The van der Waals surface area contributed by atoms with E-state index in [1.807, 2.05) is 30.3 Å². The van der Waals surface area contributed by atoms with Crippen molar-refractivity contribution in [2.24, 2.45) is 5.73 Å². The van der Waals surface area contributed by atoms with Crippen molar-refractivity contribution in [2.45, 2.75) is 21.6 Å². The molecule has 0 amide bonds. The van der Waals surface area contributed by atoms with Crippen LogP contribution in [0.25, 0.3) is 0 Å². The maximum Gasteiger partial charge on any atom is 0.183 e. The maximum atomic E-state index is 13.0. The normalized spacial score (nSPS) is 26.9. The lowest BCUT2D eigenvalue weighted by Crippen LogP contribution is -2.35. The largest absolute Gasteiger partial charge is 0.383 e. The third-order valence-electron chi connectivity index (χ3n) is 4.33. The molecule has 2 aromatic carbocycles. The molecule has 23 heavy (non-hydrogen) atoms. The number of rotatable bonds is 5. The van der Waals surface area contributed by atoms with Gasteiger partial charge in [-0.15, -0.1) is 0 Å². The summed E-state index contributed by atoms with van der Waals surface area (Å²) in [7, 11) is -2.04. The number of benzene rings is 2. The molecule has 2 N–H and O–H groups in total. The van der Waals surface area contributed by atoms with E-state index < -0.39 is 20.6 Å². The Kier molecular flexibility index (Phi) is 4.23. The van der Waals surface area contributed by atoms with Crippen molar-refractivity contribution in [1.29, 1.82) is 0 Å². The highest BCUT2D eigenvalue weighted by Crippen LogP contribution is 2.55. The Hall–Kier alpha value is -1.40. The van der Waals surface area contributed by atoms with Crippen LogP contribution >= 0.6 is 11.6 Å². The van der Waals surface area contributed by atoms with E-state index in [9.17, 15) is 8.42 Å². The molecule has 0 bridgehead atoms. The van der Waals surface area contributed by atoms with Gasteiger partial charge in [0.2, 0.25) is 0 Å². The first kappa shape index (κ1) is 16.5. The number of nitrogens with two attached hydrogens (primary N) is 1. The Bertz CT molecular complexity index is 792. The van der Waals surface area contributed by atoms with E-state index in [0.29, 0.717) is 5.02 Å². The van der Waals surface area contributed by atoms with Crippen LogP contribution in [0.4, 0.5) is 0 Å². The first-order valence-electron chi connectivity index (χ1n) is 7.23. The minimum Gasteiger partial charge on any atom is -0.383 e. The number of sulfone groups is 1. The van der Waals surface area contributed by atoms with Crippen LogP contribution in [0.5, 0.6) is 0 Å². The fraction of sp³-hybridized carbons (Fsp3) is 0.294. The molecule has 0 spiro atoms. The minimum atomic E-state index is -3.57. The second-order valence-corrected chi connectivity index (χ2v) is 8.36. The Morgan fingerprint density at radius 1 is 1.13 bits per heavy atom. The Balaban J connectivity index is 2.01. The number of ether oxygens (including phenoxy) is 1. The molecule has 0 radical (unpaired) electrons. The van der Waals surface area contributed by atoms with Crippen LogP contribution in [0.15, 0.2) is 59.5 Å². The number of halogens is 1. The molecular weight excluding hydrogens is 334 g/mol. The number of methoxy groups -OCH3 is 1. The molecule has 0 heterocycles. The minimum absolute atomic E-state index is 0.185. The molecule has 4 nitrogen and oxygen atoms in total. The highest BCUT2D eigenvalue weighted by Gasteiger charge is 2.69. The molecule has 3 rings (SSSR count). The lowest BCUT2D eigenvalue weighted by molar-refractivity contribution is 0.171. The van der Waals surface area contributed by atoms with E-state index in [2.05, 4.69) is 0 Å². The zero-order chi connectivity index (χ0) is 16.7. The summed E-state index contributed by atoms with van der Waals surface area (Å²) in [4.78, 5) is 0.233. The van der Waals surface area contributed by atoms with E-state index in [0.717, 1.165) is 5.56 Å². The zero-order valence-electron chi connectivity index (χ0n) is 12.6. The van der Waals surface area contributed by atoms with Gasteiger partial charge in [0.05, 0.1) is 22.3 Å². The van der Waals surface area contributed by atoms with Crippen LogP contribution in [-0.4, -0.2) is 32.9 Å². The van der Waals surface area contributed by atoms with Gasteiger partial charge in [-0.05, 0) is 29.8 Å². The summed E-state index contributed by atoms with van der Waals surface area (Å²) >= 11 is 5.85. The second-order valence-electron chi connectivity index (χ2n) is 5.85. The lowest BCUT2D eigenvalue weighted by atomic mass is 10.1. The standard InChI is InChI=1S/C17H18ClNO3S/c1-22-11-17(19)15(12-5-3-2-4-6-12)16(17)23(20,21)14-9-7-13(18)8-10-14/h2-10,15-16H,11,19H2,1H3/t15-,16+,17-/m0/s1. The Morgan fingerprint density at radius 2 is 1.74 bits per heavy atom. The summed E-state index contributed by atoms with van der Waals surface area (Å²) in [5, 5.41) is -0.214. The molecule has 3 atom stereocenters. The van der Waals surface area contributed by atoms with Crippen molar-refractivity contribution in [3.05, 3.63) is 65.2 Å². The van der Waals surface area contributed by atoms with Gasteiger partial charge in [-0.2, -0.15) is 0 Å². The van der Waals surface area contributed by atoms with E-state index >= 15 is 0 Å². The molecule has 2 aromatic rings. The van der Waals surface area contributed by atoms with Crippen molar-refractivity contribution in [3.63, 3.8) is 0 Å². The van der Waals surface area contributed by atoms with Gasteiger partial charge in [0.25, 0.3) is 0 Å². The van der Waals surface area contributed by atoms with Crippen LogP contribution in [0.3, 0.4) is 0 Å². The van der Waals surface area contributed by atoms with Crippen LogP contribution in [0, 0.1) is 0 Å². The maximum absolute atomic E-state index is 13.0. The predicted octanol–water partition coefficient (Wildman–Crippen LogP) is 2.62. The van der Waals surface area contributed by atoms with Crippen LogP contribution in [-0.2, 0) is 14.6 Å².